The molecule has 0 bridgehead atoms. The molecule has 0 fully saturated rings. The minimum absolute atomic E-state index is 0.254. The summed E-state index contributed by atoms with van der Waals surface area (Å²) in [6.07, 6.45) is 0.564. The topological polar surface area (TPSA) is 72.6 Å². The van der Waals surface area contributed by atoms with Crippen LogP contribution in [0, 0.1) is 0 Å². The normalized spacial score (nSPS) is 18.8. The van der Waals surface area contributed by atoms with Gasteiger partial charge in [-0.2, -0.15) is 0 Å². The fraction of sp³-hybridized carbons (Fsp3) is 0.286. The summed E-state index contributed by atoms with van der Waals surface area (Å²) in [5, 5.41) is 4.54. The first-order valence-corrected chi connectivity index (χ1v) is 8.81. The van der Waals surface area contributed by atoms with Gasteiger partial charge in [0.25, 0.3) is 0 Å². The number of aromatic nitrogens is 1. The third-order valence-corrected chi connectivity index (χ3v) is 5.14. The van der Waals surface area contributed by atoms with Crippen molar-refractivity contribution in [2.24, 2.45) is 0 Å². The van der Waals surface area contributed by atoms with Crippen molar-refractivity contribution in [3.8, 4) is 11.5 Å². The van der Waals surface area contributed by atoms with Crippen molar-refractivity contribution in [3.05, 3.63) is 59.3 Å². The van der Waals surface area contributed by atoms with Gasteiger partial charge in [-0.25, -0.2) is 0 Å². The molecule has 4 rings (SSSR count). The molecule has 3 aromatic rings. The minimum Gasteiger partial charge on any atom is -0.497 e. The summed E-state index contributed by atoms with van der Waals surface area (Å²) in [6, 6.07) is 13.1. The maximum absolute atomic E-state index is 12.3. The van der Waals surface area contributed by atoms with Crippen LogP contribution in [0.1, 0.15) is 22.9 Å². The van der Waals surface area contributed by atoms with E-state index in [1.54, 1.807) is 14.2 Å². The van der Waals surface area contributed by atoms with Crippen molar-refractivity contribution in [2.45, 2.75) is 18.5 Å². The molecule has 6 heteroatoms. The zero-order chi connectivity index (χ0) is 19.0. The molecule has 1 aliphatic rings. The van der Waals surface area contributed by atoms with E-state index in [-0.39, 0.29) is 12.0 Å². The van der Waals surface area contributed by atoms with Gasteiger partial charge in [-0.05, 0) is 29.8 Å². The number of aromatic amines is 1. The summed E-state index contributed by atoms with van der Waals surface area (Å²) in [4.78, 5) is 15.9. The molecule has 1 aliphatic heterocycles. The van der Waals surface area contributed by atoms with Crippen molar-refractivity contribution in [2.75, 3.05) is 21.3 Å². The van der Waals surface area contributed by atoms with Crippen LogP contribution in [-0.4, -0.2) is 38.3 Å². The van der Waals surface area contributed by atoms with E-state index in [0.29, 0.717) is 6.42 Å². The van der Waals surface area contributed by atoms with Gasteiger partial charge < -0.3 is 19.2 Å². The van der Waals surface area contributed by atoms with Crippen LogP contribution in [0.5, 0.6) is 11.5 Å². The zero-order valence-corrected chi connectivity index (χ0v) is 15.5. The highest BCUT2D eigenvalue weighted by atomic mass is 16.5. The summed E-state index contributed by atoms with van der Waals surface area (Å²) in [6.45, 7) is 0. The number of hydrogen-bond acceptors (Lipinski definition) is 5. The lowest BCUT2D eigenvalue weighted by Gasteiger charge is -2.31. The molecule has 2 N–H and O–H groups in total. The molecule has 0 aliphatic carbocycles. The van der Waals surface area contributed by atoms with Gasteiger partial charge in [-0.1, -0.05) is 18.2 Å². The van der Waals surface area contributed by atoms with E-state index in [2.05, 4.69) is 16.4 Å². The van der Waals surface area contributed by atoms with Crippen LogP contribution >= 0.6 is 0 Å². The van der Waals surface area contributed by atoms with E-state index in [1.165, 1.54) is 7.11 Å². The summed E-state index contributed by atoms with van der Waals surface area (Å²) in [7, 11) is 4.68. The molecule has 0 unspecified atom stereocenters. The molecule has 140 valence electrons. The molecule has 2 atom stereocenters. The van der Waals surface area contributed by atoms with Crippen molar-refractivity contribution >= 4 is 16.9 Å². The van der Waals surface area contributed by atoms with Gasteiger partial charge >= 0.3 is 5.97 Å². The van der Waals surface area contributed by atoms with Gasteiger partial charge in [0.2, 0.25) is 0 Å². The molecule has 0 saturated carbocycles. The Bertz CT molecular complexity index is 995. The Kier molecular flexibility index (Phi) is 4.49. The average Bonchev–Trinajstić information content (AvgIpc) is 3.10. The zero-order valence-electron chi connectivity index (χ0n) is 15.5. The Hall–Kier alpha value is -2.99. The van der Waals surface area contributed by atoms with Crippen LogP contribution < -0.4 is 14.8 Å². The number of para-hydroxylation sites is 1. The highest BCUT2D eigenvalue weighted by Crippen LogP contribution is 2.39. The lowest BCUT2D eigenvalue weighted by atomic mass is 9.90. The number of methoxy groups -OCH3 is 3. The first-order chi connectivity index (χ1) is 13.2. The minimum atomic E-state index is -0.442. The lowest BCUT2D eigenvalue weighted by molar-refractivity contribution is -0.143. The number of esters is 1. The van der Waals surface area contributed by atoms with Gasteiger partial charge in [0.1, 0.15) is 17.5 Å². The molecule has 6 nitrogen and oxygen atoms in total. The molecule has 0 radical (unpaired) electrons. The van der Waals surface area contributed by atoms with Crippen LogP contribution in [0.15, 0.2) is 42.5 Å². The molecule has 2 aromatic carbocycles. The van der Waals surface area contributed by atoms with Crippen LogP contribution in [-0.2, 0) is 16.0 Å². The van der Waals surface area contributed by atoms with Crippen LogP contribution in [0.25, 0.3) is 10.9 Å². The number of carbonyl (C=O) groups excluding carboxylic acids is 1. The SMILES string of the molecule is COC(=O)[C@@H]1Cc2c([nH]c3ccccc23)[C@H](c2cc(OC)ccc2OC)N1. The van der Waals surface area contributed by atoms with E-state index in [9.17, 15) is 4.79 Å². The monoisotopic (exact) mass is 366 g/mol. The van der Waals surface area contributed by atoms with Crippen LogP contribution in [0.2, 0.25) is 0 Å². The highest BCUT2D eigenvalue weighted by Gasteiger charge is 2.35. The Balaban J connectivity index is 1.91. The van der Waals surface area contributed by atoms with Crippen molar-refractivity contribution in [1.82, 2.24) is 10.3 Å². The Morgan fingerprint density at radius 3 is 2.63 bits per heavy atom. The van der Waals surface area contributed by atoms with Crippen LogP contribution in [0.3, 0.4) is 0 Å². The predicted molar refractivity (Wildman–Crippen MR) is 102 cm³/mol. The smallest absolute Gasteiger partial charge is 0.323 e. The standard InChI is InChI=1S/C21H22N2O4/c1-25-12-8-9-18(26-2)15(10-12)20-19-14(11-17(23-20)21(24)27-3)13-6-4-5-7-16(13)22-19/h4-10,17,20,22-23H,11H2,1-3H3/t17-,20-/m0/s1. The van der Waals surface area contributed by atoms with Gasteiger partial charge in [0.05, 0.1) is 27.4 Å². The van der Waals surface area contributed by atoms with Gasteiger partial charge in [-0.15, -0.1) is 0 Å². The molecule has 0 saturated heterocycles. The highest BCUT2D eigenvalue weighted by molar-refractivity contribution is 5.87. The number of carbonyl (C=O) groups is 1. The molecule has 27 heavy (non-hydrogen) atoms. The molecule has 0 spiro atoms. The Labute approximate surface area is 157 Å². The fourth-order valence-electron chi connectivity index (χ4n) is 3.84. The number of benzene rings is 2. The Morgan fingerprint density at radius 1 is 1.07 bits per heavy atom. The van der Waals surface area contributed by atoms with Gasteiger partial charge in [-0.3, -0.25) is 10.1 Å². The van der Waals surface area contributed by atoms with E-state index >= 15 is 0 Å². The second-order valence-corrected chi connectivity index (χ2v) is 6.55. The maximum Gasteiger partial charge on any atom is 0.323 e. The predicted octanol–water partition coefficient (Wildman–Crippen LogP) is 2.96. The molecule has 0 amide bonds. The lowest BCUT2D eigenvalue weighted by Crippen LogP contribution is -2.45. The molecular formula is C21H22N2O4. The number of H-pyrrole nitrogens is 1. The van der Waals surface area contributed by atoms with Gasteiger partial charge in [0.15, 0.2) is 0 Å². The van der Waals surface area contributed by atoms with Crippen molar-refractivity contribution < 1.29 is 19.0 Å². The number of fused-ring (bicyclic) bond motifs is 3. The van der Waals surface area contributed by atoms with Crippen molar-refractivity contribution in [1.29, 1.82) is 0 Å². The number of ether oxygens (including phenoxy) is 3. The molecule has 1 aromatic heterocycles. The molecule has 2 heterocycles. The van der Waals surface area contributed by atoms with Crippen LogP contribution in [0.4, 0.5) is 0 Å². The number of nitrogens with one attached hydrogen (secondary N) is 2. The van der Waals surface area contributed by atoms with E-state index in [0.717, 1.165) is 39.2 Å². The number of rotatable bonds is 4. The Morgan fingerprint density at radius 2 is 1.89 bits per heavy atom. The summed E-state index contributed by atoms with van der Waals surface area (Å²) in [5.41, 5.74) is 4.09. The second kappa shape index (κ2) is 6.96. The summed E-state index contributed by atoms with van der Waals surface area (Å²) >= 11 is 0. The number of hydrogen-bond donors (Lipinski definition) is 2. The fourth-order valence-corrected chi connectivity index (χ4v) is 3.84. The van der Waals surface area contributed by atoms with E-state index in [4.69, 9.17) is 14.2 Å². The molecular weight excluding hydrogens is 344 g/mol. The summed E-state index contributed by atoms with van der Waals surface area (Å²) in [5.74, 6) is 1.17. The second-order valence-electron chi connectivity index (χ2n) is 6.55. The van der Waals surface area contributed by atoms with Crippen molar-refractivity contribution in [3.63, 3.8) is 0 Å². The average molecular weight is 366 g/mol. The first kappa shape index (κ1) is 17.4. The first-order valence-electron chi connectivity index (χ1n) is 8.81. The van der Waals surface area contributed by atoms with E-state index < -0.39 is 6.04 Å². The largest absolute Gasteiger partial charge is 0.497 e. The maximum atomic E-state index is 12.3. The third kappa shape index (κ3) is 2.92. The van der Waals surface area contributed by atoms with Gasteiger partial charge in [0, 0.05) is 28.6 Å². The van der Waals surface area contributed by atoms with E-state index in [1.807, 2.05) is 36.4 Å². The summed E-state index contributed by atoms with van der Waals surface area (Å²) < 4.78 is 16.0. The quantitative estimate of drug-likeness (QED) is 0.695. The third-order valence-electron chi connectivity index (χ3n) is 5.14.